The van der Waals surface area contributed by atoms with Crippen molar-refractivity contribution < 1.29 is 9.50 Å². The van der Waals surface area contributed by atoms with Crippen molar-refractivity contribution in [1.82, 2.24) is 9.55 Å². The van der Waals surface area contributed by atoms with Crippen LogP contribution in [0.25, 0.3) is 11.6 Å². The van der Waals surface area contributed by atoms with Crippen LogP contribution in [-0.2, 0) is 6.54 Å². The Kier molecular flexibility index (Phi) is 4.34. The number of hydrogen-bond donors (Lipinski definition) is 2. The molecule has 0 fully saturated rings. The van der Waals surface area contributed by atoms with Crippen LogP contribution in [0.15, 0.2) is 46.2 Å². The molecule has 8 heteroatoms. The third-order valence-corrected chi connectivity index (χ3v) is 4.68. The Morgan fingerprint density at radius 3 is 2.96 bits per heavy atom. The van der Waals surface area contributed by atoms with Gasteiger partial charge in [0, 0.05) is 17.4 Å². The number of fused-ring (bicyclic) bond motifs is 1. The number of aliphatic imine (C=N–C) groups is 1. The maximum Gasteiger partial charge on any atom is 0.329 e. The highest BCUT2D eigenvalue weighted by atomic mass is 35.5. The third kappa shape index (κ3) is 3.00. The number of nitriles is 1. The highest BCUT2D eigenvalue weighted by Crippen LogP contribution is 2.38. The second-order valence-corrected chi connectivity index (χ2v) is 6.59. The fourth-order valence-corrected chi connectivity index (χ4v) is 3.18. The van der Waals surface area contributed by atoms with Gasteiger partial charge in [-0.2, -0.15) is 5.26 Å². The predicted octanol–water partition coefficient (Wildman–Crippen LogP) is 3.85. The highest BCUT2D eigenvalue weighted by Gasteiger charge is 2.20. The number of aromatic nitrogens is 2. The summed E-state index contributed by atoms with van der Waals surface area (Å²) >= 11 is 5.77. The zero-order valence-electron chi connectivity index (χ0n) is 14.3. The molecule has 0 aliphatic carbocycles. The first-order chi connectivity index (χ1) is 13.5. The van der Waals surface area contributed by atoms with Crippen LogP contribution in [-0.4, -0.2) is 20.9 Å². The van der Waals surface area contributed by atoms with Crippen molar-refractivity contribution in [3.05, 3.63) is 80.1 Å². The molecule has 0 saturated heterocycles. The van der Waals surface area contributed by atoms with Gasteiger partial charge in [-0.3, -0.25) is 9.56 Å². The van der Waals surface area contributed by atoms with Crippen molar-refractivity contribution in [2.75, 3.05) is 0 Å². The molecule has 2 N–H and O–H groups in total. The van der Waals surface area contributed by atoms with E-state index in [1.54, 1.807) is 30.3 Å². The Labute approximate surface area is 163 Å². The molecule has 1 aromatic heterocycles. The molecule has 0 unspecified atom stereocenters. The summed E-state index contributed by atoms with van der Waals surface area (Å²) in [7, 11) is 0. The van der Waals surface area contributed by atoms with E-state index < -0.39 is 11.5 Å². The molecule has 28 heavy (non-hydrogen) atoms. The van der Waals surface area contributed by atoms with Crippen LogP contribution in [0.2, 0.25) is 5.02 Å². The summed E-state index contributed by atoms with van der Waals surface area (Å²) in [6.07, 6.45) is 2.96. The van der Waals surface area contributed by atoms with Crippen LogP contribution in [0.4, 0.5) is 10.1 Å². The van der Waals surface area contributed by atoms with E-state index in [-0.39, 0.29) is 28.8 Å². The molecule has 4 rings (SSSR count). The Morgan fingerprint density at radius 1 is 1.36 bits per heavy atom. The largest absolute Gasteiger partial charge is 0.493 e. The van der Waals surface area contributed by atoms with E-state index in [0.717, 1.165) is 4.57 Å². The molecule has 0 amide bonds. The number of benzene rings is 2. The van der Waals surface area contributed by atoms with Crippen molar-refractivity contribution in [1.29, 1.82) is 5.26 Å². The van der Waals surface area contributed by atoms with Gasteiger partial charge in [-0.15, -0.1) is 0 Å². The summed E-state index contributed by atoms with van der Waals surface area (Å²) in [5.41, 5.74) is 1.97. The lowest BCUT2D eigenvalue weighted by molar-refractivity contribution is 0.420. The lowest BCUT2D eigenvalue weighted by Gasteiger charge is -2.04. The monoisotopic (exact) mass is 394 g/mol. The van der Waals surface area contributed by atoms with Gasteiger partial charge < -0.3 is 10.1 Å². The van der Waals surface area contributed by atoms with Crippen LogP contribution in [0, 0.1) is 17.1 Å². The van der Waals surface area contributed by atoms with Gasteiger partial charge in [0.2, 0.25) is 5.88 Å². The second-order valence-electron chi connectivity index (χ2n) is 6.18. The maximum atomic E-state index is 14.1. The van der Waals surface area contributed by atoms with Crippen LogP contribution in [0.3, 0.4) is 0 Å². The average molecular weight is 395 g/mol. The van der Waals surface area contributed by atoms with Crippen LogP contribution < -0.4 is 5.69 Å². The zero-order chi connectivity index (χ0) is 19.8. The number of rotatable bonds is 3. The highest BCUT2D eigenvalue weighted by molar-refractivity contribution is 6.31. The van der Waals surface area contributed by atoms with E-state index >= 15 is 0 Å². The molecular weight excluding hydrogens is 383 g/mol. The number of aromatic amines is 1. The molecule has 0 saturated carbocycles. The number of H-pyrrole nitrogens is 1. The summed E-state index contributed by atoms with van der Waals surface area (Å²) in [4.78, 5) is 18.9. The van der Waals surface area contributed by atoms with Gasteiger partial charge in [0.05, 0.1) is 23.2 Å². The molecule has 1 aliphatic heterocycles. The van der Waals surface area contributed by atoms with Crippen LogP contribution in [0.5, 0.6) is 5.88 Å². The Morgan fingerprint density at radius 2 is 2.18 bits per heavy atom. The molecule has 138 valence electrons. The van der Waals surface area contributed by atoms with Gasteiger partial charge in [-0.05, 0) is 29.8 Å². The first kappa shape index (κ1) is 17.8. The first-order valence-corrected chi connectivity index (χ1v) is 8.60. The Bertz CT molecular complexity index is 1260. The van der Waals surface area contributed by atoms with Gasteiger partial charge >= 0.3 is 5.69 Å². The zero-order valence-corrected chi connectivity index (χ0v) is 15.0. The van der Waals surface area contributed by atoms with E-state index in [1.807, 2.05) is 6.07 Å². The van der Waals surface area contributed by atoms with E-state index in [0.29, 0.717) is 22.3 Å². The molecule has 0 atom stereocenters. The van der Waals surface area contributed by atoms with Gasteiger partial charge in [0.25, 0.3) is 0 Å². The van der Waals surface area contributed by atoms with Crippen molar-refractivity contribution in [2.45, 2.75) is 6.54 Å². The quantitative estimate of drug-likeness (QED) is 0.706. The number of nitrogens with zero attached hydrogens (tertiary/aromatic N) is 3. The van der Waals surface area contributed by atoms with Crippen LogP contribution >= 0.6 is 11.6 Å². The minimum atomic E-state index is -0.619. The van der Waals surface area contributed by atoms with E-state index in [4.69, 9.17) is 16.9 Å². The summed E-state index contributed by atoms with van der Waals surface area (Å²) < 4.78 is 15.2. The predicted molar refractivity (Wildman–Crippen MR) is 104 cm³/mol. The summed E-state index contributed by atoms with van der Waals surface area (Å²) in [5, 5.41) is 19.4. The molecule has 3 aromatic rings. The summed E-state index contributed by atoms with van der Waals surface area (Å²) in [6, 6.07) is 11.8. The minimum Gasteiger partial charge on any atom is -0.493 e. The van der Waals surface area contributed by atoms with Crippen molar-refractivity contribution in [3.8, 4) is 11.9 Å². The topological polar surface area (TPSA) is 94.2 Å². The van der Waals surface area contributed by atoms with Crippen molar-refractivity contribution in [3.63, 3.8) is 0 Å². The number of halogens is 2. The molecular formula is C20H12ClFN4O2. The Hall–Kier alpha value is -3.63. The van der Waals surface area contributed by atoms with Gasteiger partial charge in [-0.1, -0.05) is 29.8 Å². The van der Waals surface area contributed by atoms with Gasteiger partial charge in [0.15, 0.2) is 5.82 Å². The van der Waals surface area contributed by atoms with E-state index in [2.05, 4.69) is 9.98 Å². The van der Waals surface area contributed by atoms with Gasteiger partial charge in [-0.25, -0.2) is 9.18 Å². The molecule has 0 radical (unpaired) electrons. The normalized spacial score (nSPS) is 13.7. The van der Waals surface area contributed by atoms with Crippen molar-refractivity contribution in [2.24, 2.45) is 4.99 Å². The van der Waals surface area contributed by atoms with Crippen molar-refractivity contribution >= 4 is 35.2 Å². The number of allylic oxidation sites excluding steroid dienone is 1. The standard InChI is InChI=1S/C20H12ClFN4O2/c21-15-5-4-14-13(9-24-18(14)17(15)22)7-16-19(27)26(20(28)25-16)10-12-3-1-2-11(6-12)8-23/h1-7,9,27H,10H2,(H,25,28)/b13-7+. The van der Waals surface area contributed by atoms with E-state index in [9.17, 15) is 14.3 Å². The maximum absolute atomic E-state index is 14.1. The summed E-state index contributed by atoms with van der Waals surface area (Å²) in [5.74, 6) is -0.886. The fraction of sp³-hybridized carbons (Fsp3) is 0.0500. The molecule has 0 bridgehead atoms. The molecule has 0 spiro atoms. The summed E-state index contributed by atoms with van der Waals surface area (Å²) in [6.45, 7) is 0.0920. The Balaban J connectivity index is 1.71. The molecule has 2 aromatic carbocycles. The third-order valence-electron chi connectivity index (χ3n) is 4.39. The van der Waals surface area contributed by atoms with Crippen LogP contribution in [0.1, 0.15) is 22.4 Å². The van der Waals surface area contributed by atoms with Gasteiger partial charge in [0.1, 0.15) is 11.4 Å². The SMILES string of the molecule is N#Cc1cccc(Cn2c(O)c(/C=C3\C=Nc4c3ccc(Cl)c4F)[nH]c2=O)c1. The number of hydrogen-bond acceptors (Lipinski definition) is 4. The second kappa shape index (κ2) is 6.83. The smallest absolute Gasteiger partial charge is 0.329 e. The lowest BCUT2D eigenvalue weighted by Crippen LogP contribution is -2.17. The first-order valence-electron chi connectivity index (χ1n) is 8.23. The molecule has 1 aliphatic rings. The number of imidazole rings is 1. The molecule has 2 heterocycles. The fourth-order valence-electron chi connectivity index (χ4n) is 3.02. The average Bonchev–Trinajstić information content (AvgIpc) is 3.22. The van der Waals surface area contributed by atoms with E-state index in [1.165, 1.54) is 18.4 Å². The number of nitrogens with one attached hydrogen (secondary N) is 1. The molecule has 6 nitrogen and oxygen atoms in total. The minimum absolute atomic E-state index is 0.0286. The lowest BCUT2D eigenvalue weighted by atomic mass is 10.1. The number of aromatic hydroxyl groups is 1.